The average molecular weight is 399 g/mol. The number of hydrogen-bond acceptors (Lipinski definition) is 4. The van der Waals surface area contributed by atoms with E-state index in [1.54, 1.807) is 6.92 Å². The van der Waals surface area contributed by atoms with E-state index in [9.17, 15) is 17.6 Å². The summed E-state index contributed by atoms with van der Waals surface area (Å²) in [6.07, 6.45) is 0. The Morgan fingerprint density at radius 1 is 1.27 bits per heavy atom. The fourth-order valence-electron chi connectivity index (χ4n) is 2.50. The highest BCUT2D eigenvalue weighted by Gasteiger charge is 2.30. The van der Waals surface area contributed by atoms with Crippen molar-refractivity contribution in [2.24, 2.45) is 5.41 Å². The lowest BCUT2D eigenvalue weighted by molar-refractivity contribution is 0.0899. The van der Waals surface area contributed by atoms with Gasteiger partial charge >= 0.3 is 0 Å². The molecule has 0 bridgehead atoms. The zero-order chi connectivity index (χ0) is 19.5. The molecule has 2 N–H and O–H groups in total. The summed E-state index contributed by atoms with van der Waals surface area (Å²) in [6, 6.07) is 6.67. The van der Waals surface area contributed by atoms with Gasteiger partial charge in [-0.15, -0.1) is 11.3 Å². The molecule has 26 heavy (non-hydrogen) atoms. The maximum Gasteiger partial charge on any atom is 0.254 e. The second-order valence-electron chi connectivity index (χ2n) is 6.93. The van der Waals surface area contributed by atoms with Crippen molar-refractivity contribution in [3.8, 4) is 0 Å². The SMILES string of the molecule is CCNS(=O)(=O)c1ccc(F)c(C(=O)NC(c2cccs2)C(C)(C)C)c1. The van der Waals surface area contributed by atoms with Crippen LogP contribution < -0.4 is 10.0 Å². The first kappa shape index (κ1) is 20.5. The van der Waals surface area contributed by atoms with E-state index in [0.717, 1.165) is 23.1 Å². The van der Waals surface area contributed by atoms with E-state index in [1.807, 2.05) is 38.3 Å². The Balaban J connectivity index is 2.37. The molecule has 0 fully saturated rings. The Morgan fingerprint density at radius 3 is 2.50 bits per heavy atom. The molecule has 5 nitrogen and oxygen atoms in total. The van der Waals surface area contributed by atoms with Crippen LogP contribution in [0.25, 0.3) is 0 Å². The molecule has 1 unspecified atom stereocenters. The van der Waals surface area contributed by atoms with Crippen LogP contribution in [0.3, 0.4) is 0 Å². The van der Waals surface area contributed by atoms with Crippen LogP contribution in [0.1, 0.15) is 49.0 Å². The van der Waals surface area contributed by atoms with Gasteiger partial charge in [0.15, 0.2) is 0 Å². The van der Waals surface area contributed by atoms with Gasteiger partial charge in [-0.25, -0.2) is 17.5 Å². The molecule has 0 aliphatic rings. The normalized spacial score (nSPS) is 13.4. The van der Waals surface area contributed by atoms with Gasteiger partial charge in [0, 0.05) is 11.4 Å². The minimum absolute atomic E-state index is 0.144. The number of benzene rings is 1. The van der Waals surface area contributed by atoms with Crippen molar-refractivity contribution >= 4 is 27.3 Å². The van der Waals surface area contributed by atoms with Crippen LogP contribution in [0.5, 0.6) is 0 Å². The molecule has 1 heterocycles. The molecule has 0 aliphatic carbocycles. The molecule has 0 radical (unpaired) electrons. The number of sulfonamides is 1. The van der Waals surface area contributed by atoms with Crippen LogP contribution in [0.2, 0.25) is 0 Å². The van der Waals surface area contributed by atoms with Gasteiger partial charge in [0.2, 0.25) is 10.0 Å². The summed E-state index contributed by atoms with van der Waals surface area (Å²) in [4.78, 5) is 13.5. The van der Waals surface area contributed by atoms with Crippen molar-refractivity contribution in [2.75, 3.05) is 6.54 Å². The largest absolute Gasteiger partial charge is 0.344 e. The number of halogens is 1. The molecule has 0 saturated carbocycles. The van der Waals surface area contributed by atoms with Crippen molar-refractivity contribution in [2.45, 2.75) is 38.6 Å². The van der Waals surface area contributed by atoms with Crippen LogP contribution in [0, 0.1) is 11.2 Å². The van der Waals surface area contributed by atoms with Crippen LogP contribution >= 0.6 is 11.3 Å². The number of carbonyl (C=O) groups is 1. The van der Waals surface area contributed by atoms with Gasteiger partial charge in [-0.2, -0.15) is 0 Å². The fourth-order valence-corrected chi connectivity index (χ4v) is 4.58. The maximum atomic E-state index is 14.2. The lowest BCUT2D eigenvalue weighted by Crippen LogP contribution is -2.36. The molecule has 0 spiro atoms. The fraction of sp³-hybridized carbons (Fsp3) is 0.389. The van der Waals surface area contributed by atoms with E-state index in [1.165, 1.54) is 11.3 Å². The number of nitrogens with one attached hydrogen (secondary N) is 2. The maximum absolute atomic E-state index is 14.2. The zero-order valence-electron chi connectivity index (χ0n) is 15.2. The topological polar surface area (TPSA) is 75.3 Å². The molecule has 1 aromatic carbocycles. The number of thiophene rings is 1. The van der Waals surface area contributed by atoms with E-state index in [0.29, 0.717) is 0 Å². The molecule has 1 aromatic heterocycles. The number of carbonyl (C=O) groups excluding carboxylic acids is 1. The minimum Gasteiger partial charge on any atom is -0.344 e. The van der Waals surface area contributed by atoms with E-state index >= 15 is 0 Å². The molecule has 2 rings (SSSR count). The average Bonchev–Trinajstić information content (AvgIpc) is 3.05. The first-order valence-electron chi connectivity index (χ1n) is 8.19. The smallest absolute Gasteiger partial charge is 0.254 e. The highest BCUT2D eigenvalue weighted by Crippen LogP contribution is 2.35. The molecule has 142 valence electrons. The van der Waals surface area contributed by atoms with Gasteiger partial charge in [-0.3, -0.25) is 4.79 Å². The van der Waals surface area contributed by atoms with E-state index < -0.39 is 21.7 Å². The quantitative estimate of drug-likeness (QED) is 0.779. The standard InChI is InChI=1S/C18H23FN2O3S2/c1-5-20-26(23,24)12-8-9-14(19)13(11-12)17(22)21-16(18(2,3)4)15-7-6-10-25-15/h6-11,16,20H,5H2,1-4H3,(H,21,22). The summed E-state index contributed by atoms with van der Waals surface area (Å²) in [5, 5.41) is 4.75. The van der Waals surface area contributed by atoms with Gasteiger partial charge in [0.25, 0.3) is 5.91 Å². The zero-order valence-corrected chi connectivity index (χ0v) is 16.8. The predicted octanol–water partition coefficient (Wildman–Crippen LogP) is 3.70. The van der Waals surface area contributed by atoms with Crippen LogP contribution in [-0.2, 0) is 10.0 Å². The third-order valence-corrected chi connectivity index (χ3v) is 6.28. The van der Waals surface area contributed by atoms with Gasteiger partial charge in [0.05, 0.1) is 16.5 Å². The molecule has 0 saturated heterocycles. The second kappa shape index (κ2) is 7.85. The summed E-state index contributed by atoms with van der Waals surface area (Å²) in [6.45, 7) is 7.76. The molecule has 8 heteroatoms. The van der Waals surface area contributed by atoms with Crippen molar-refractivity contribution < 1.29 is 17.6 Å². The first-order valence-corrected chi connectivity index (χ1v) is 10.6. The number of hydrogen-bond donors (Lipinski definition) is 2. The van der Waals surface area contributed by atoms with Crippen molar-refractivity contribution in [3.63, 3.8) is 0 Å². The molecular weight excluding hydrogens is 375 g/mol. The second-order valence-corrected chi connectivity index (χ2v) is 9.68. The molecule has 1 atom stereocenters. The van der Waals surface area contributed by atoms with E-state index in [4.69, 9.17) is 0 Å². The Bertz CT molecular complexity index is 872. The van der Waals surface area contributed by atoms with Crippen LogP contribution in [-0.4, -0.2) is 20.9 Å². The van der Waals surface area contributed by atoms with Gasteiger partial charge in [0.1, 0.15) is 5.82 Å². The highest BCUT2D eigenvalue weighted by atomic mass is 32.2. The third-order valence-electron chi connectivity index (χ3n) is 3.80. The van der Waals surface area contributed by atoms with Crippen molar-refractivity contribution in [3.05, 3.63) is 52.0 Å². The van der Waals surface area contributed by atoms with Crippen molar-refractivity contribution in [1.29, 1.82) is 0 Å². The van der Waals surface area contributed by atoms with Crippen LogP contribution in [0.15, 0.2) is 40.6 Å². The Kier molecular flexibility index (Phi) is 6.21. The summed E-state index contributed by atoms with van der Waals surface area (Å²) in [7, 11) is -3.78. The Labute approximate surface area is 157 Å². The Morgan fingerprint density at radius 2 is 1.96 bits per heavy atom. The summed E-state index contributed by atoms with van der Waals surface area (Å²) < 4.78 is 40.8. The Hall–Kier alpha value is -1.77. The lowest BCUT2D eigenvalue weighted by atomic mass is 9.85. The monoisotopic (exact) mass is 398 g/mol. The molecule has 0 aliphatic heterocycles. The first-order chi connectivity index (χ1) is 12.1. The van der Waals surface area contributed by atoms with Gasteiger partial charge in [-0.1, -0.05) is 33.8 Å². The number of rotatable bonds is 6. The molecule has 1 amide bonds. The number of amides is 1. The summed E-state index contributed by atoms with van der Waals surface area (Å²) in [5.41, 5.74) is -0.598. The summed E-state index contributed by atoms with van der Waals surface area (Å²) >= 11 is 1.50. The predicted molar refractivity (Wildman–Crippen MR) is 101 cm³/mol. The lowest BCUT2D eigenvalue weighted by Gasteiger charge is -2.31. The molecule has 2 aromatic rings. The minimum atomic E-state index is -3.78. The highest BCUT2D eigenvalue weighted by molar-refractivity contribution is 7.89. The van der Waals surface area contributed by atoms with Crippen LogP contribution in [0.4, 0.5) is 4.39 Å². The van der Waals surface area contributed by atoms with E-state index in [-0.39, 0.29) is 28.5 Å². The molecular formula is C18H23FN2O3S2. The van der Waals surface area contributed by atoms with Crippen molar-refractivity contribution in [1.82, 2.24) is 10.0 Å². The van der Waals surface area contributed by atoms with Gasteiger partial charge in [-0.05, 0) is 35.1 Å². The van der Waals surface area contributed by atoms with E-state index in [2.05, 4.69) is 10.0 Å². The third kappa shape index (κ3) is 4.69. The summed E-state index contributed by atoms with van der Waals surface area (Å²) in [5.74, 6) is -1.42. The van der Waals surface area contributed by atoms with Gasteiger partial charge < -0.3 is 5.32 Å².